The number of hydrogen-bond acceptors (Lipinski definition) is 2. The van der Waals surface area contributed by atoms with E-state index in [0.717, 1.165) is 30.5 Å². The summed E-state index contributed by atoms with van der Waals surface area (Å²) in [6.07, 6.45) is 6.33. The lowest BCUT2D eigenvalue weighted by Crippen LogP contribution is -2.25. The summed E-state index contributed by atoms with van der Waals surface area (Å²) in [5, 5.41) is 15.3. The first-order valence-electron chi connectivity index (χ1n) is 6.94. The first-order chi connectivity index (χ1) is 9.10. The number of rotatable bonds is 3. The summed E-state index contributed by atoms with van der Waals surface area (Å²) in [7, 11) is 0. The number of hydrogen-bond donors (Lipinski definition) is 1. The second-order valence-corrected chi connectivity index (χ2v) is 5.57. The number of aromatic nitrogens is 2. The maximum Gasteiger partial charge on any atom is 0.0943 e. The Hall–Kier alpha value is -1.61. The van der Waals surface area contributed by atoms with Crippen LogP contribution in [-0.4, -0.2) is 14.9 Å². The number of nitrogens with zero attached hydrogens (tertiary/aromatic N) is 2. The molecular formula is C16H20N2O. The van der Waals surface area contributed by atoms with Gasteiger partial charge < -0.3 is 5.11 Å². The third-order valence-corrected chi connectivity index (χ3v) is 4.08. The van der Waals surface area contributed by atoms with Crippen LogP contribution in [0.5, 0.6) is 0 Å². The molecule has 0 amide bonds. The fourth-order valence-corrected chi connectivity index (χ4v) is 3.01. The van der Waals surface area contributed by atoms with Crippen LogP contribution in [0.1, 0.15) is 35.6 Å². The molecule has 1 aromatic heterocycles. The summed E-state index contributed by atoms with van der Waals surface area (Å²) in [5.41, 5.74) is 4.00. The molecule has 0 saturated carbocycles. The zero-order valence-corrected chi connectivity index (χ0v) is 11.6. The normalized spacial score (nSPS) is 21.6. The standard InChI is InChI=1S/C16H20N2O/c1-3-18-11-13(10-17-18)9-16(19)7-6-14-5-4-12(2)8-15(14)16/h4-5,8,10-11,19H,3,6-7,9H2,1-2H3. The minimum atomic E-state index is -0.719. The Bertz CT molecular complexity index is 603. The molecule has 1 N–H and O–H groups in total. The highest BCUT2D eigenvalue weighted by Gasteiger charge is 2.36. The van der Waals surface area contributed by atoms with Crippen LogP contribution in [0.2, 0.25) is 0 Å². The Kier molecular flexibility index (Phi) is 2.94. The van der Waals surface area contributed by atoms with Crippen LogP contribution < -0.4 is 0 Å². The highest BCUT2D eigenvalue weighted by Crippen LogP contribution is 2.39. The van der Waals surface area contributed by atoms with Gasteiger partial charge in [0.25, 0.3) is 0 Å². The van der Waals surface area contributed by atoms with Gasteiger partial charge in [-0.1, -0.05) is 23.8 Å². The van der Waals surface area contributed by atoms with Gasteiger partial charge in [-0.25, -0.2) is 0 Å². The minimum Gasteiger partial charge on any atom is -0.385 e. The van der Waals surface area contributed by atoms with Crippen molar-refractivity contribution in [1.82, 2.24) is 9.78 Å². The van der Waals surface area contributed by atoms with Crippen molar-refractivity contribution >= 4 is 0 Å². The number of fused-ring (bicyclic) bond motifs is 1. The van der Waals surface area contributed by atoms with Crippen molar-refractivity contribution < 1.29 is 5.11 Å². The van der Waals surface area contributed by atoms with E-state index in [4.69, 9.17) is 0 Å². The van der Waals surface area contributed by atoms with Gasteiger partial charge in [0.05, 0.1) is 11.8 Å². The molecule has 2 aromatic rings. The van der Waals surface area contributed by atoms with E-state index in [1.807, 2.05) is 17.1 Å². The molecule has 1 atom stereocenters. The third-order valence-electron chi connectivity index (χ3n) is 4.08. The van der Waals surface area contributed by atoms with E-state index in [0.29, 0.717) is 6.42 Å². The molecular weight excluding hydrogens is 236 g/mol. The van der Waals surface area contributed by atoms with Crippen molar-refractivity contribution in [2.45, 2.75) is 45.3 Å². The lowest BCUT2D eigenvalue weighted by Gasteiger charge is -2.23. The second kappa shape index (κ2) is 4.49. The molecule has 0 saturated heterocycles. The zero-order valence-electron chi connectivity index (χ0n) is 11.6. The summed E-state index contributed by atoms with van der Waals surface area (Å²) in [4.78, 5) is 0. The van der Waals surface area contributed by atoms with Gasteiger partial charge in [-0.15, -0.1) is 0 Å². The van der Waals surface area contributed by atoms with Crippen LogP contribution >= 0.6 is 0 Å². The lowest BCUT2D eigenvalue weighted by molar-refractivity contribution is 0.0389. The van der Waals surface area contributed by atoms with Crippen molar-refractivity contribution in [2.24, 2.45) is 0 Å². The summed E-state index contributed by atoms with van der Waals surface area (Å²) >= 11 is 0. The zero-order chi connectivity index (χ0) is 13.5. The first kappa shape index (κ1) is 12.4. The molecule has 3 heteroatoms. The molecule has 0 bridgehead atoms. The monoisotopic (exact) mass is 256 g/mol. The van der Waals surface area contributed by atoms with Crippen LogP contribution in [0.3, 0.4) is 0 Å². The van der Waals surface area contributed by atoms with E-state index in [9.17, 15) is 5.11 Å². The van der Waals surface area contributed by atoms with E-state index < -0.39 is 5.60 Å². The summed E-state index contributed by atoms with van der Waals surface area (Å²) in [6, 6.07) is 6.41. The minimum absolute atomic E-state index is 0.656. The van der Waals surface area contributed by atoms with Crippen LogP contribution in [0.15, 0.2) is 30.6 Å². The molecule has 0 fully saturated rings. The molecule has 1 aromatic carbocycles. The SMILES string of the molecule is CCn1cc(CC2(O)CCc3ccc(C)cc32)cn1. The van der Waals surface area contributed by atoms with Crippen LogP contribution in [0.25, 0.3) is 0 Å². The quantitative estimate of drug-likeness (QED) is 0.916. The van der Waals surface area contributed by atoms with Gasteiger partial charge in [-0.2, -0.15) is 5.10 Å². The Morgan fingerprint density at radius 1 is 1.42 bits per heavy atom. The van der Waals surface area contributed by atoms with Gasteiger partial charge >= 0.3 is 0 Å². The van der Waals surface area contributed by atoms with Crippen molar-refractivity contribution in [2.75, 3.05) is 0 Å². The van der Waals surface area contributed by atoms with E-state index in [2.05, 4.69) is 37.1 Å². The summed E-state index contributed by atoms with van der Waals surface area (Å²) < 4.78 is 1.91. The average Bonchev–Trinajstić information content (AvgIpc) is 2.96. The van der Waals surface area contributed by atoms with Crippen LogP contribution in [-0.2, 0) is 25.0 Å². The predicted octanol–water partition coefficient (Wildman–Crippen LogP) is 2.59. The Balaban J connectivity index is 1.91. The molecule has 1 aliphatic carbocycles. The molecule has 0 aliphatic heterocycles. The molecule has 3 rings (SSSR count). The van der Waals surface area contributed by atoms with Gasteiger partial charge in [0.15, 0.2) is 0 Å². The highest BCUT2D eigenvalue weighted by molar-refractivity contribution is 5.41. The second-order valence-electron chi connectivity index (χ2n) is 5.57. The number of aliphatic hydroxyl groups is 1. The van der Waals surface area contributed by atoms with E-state index in [1.54, 1.807) is 0 Å². The van der Waals surface area contributed by atoms with Gasteiger partial charge in [0.1, 0.15) is 0 Å². The number of benzene rings is 1. The van der Waals surface area contributed by atoms with Gasteiger partial charge in [0, 0.05) is 19.2 Å². The average molecular weight is 256 g/mol. The highest BCUT2D eigenvalue weighted by atomic mass is 16.3. The Labute approximate surface area is 113 Å². The largest absolute Gasteiger partial charge is 0.385 e. The molecule has 1 aliphatic rings. The van der Waals surface area contributed by atoms with Crippen molar-refractivity contribution in [3.05, 3.63) is 52.8 Å². The van der Waals surface area contributed by atoms with Crippen molar-refractivity contribution in [1.29, 1.82) is 0 Å². The molecule has 1 unspecified atom stereocenters. The van der Waals surface area contributed by atoms with Gasteiger partial charge in [0.2, 0.25) is 0 Å². The first-order valence-corrected chi connectivity index (χ1v) is 6.94. The Morgan fingerprint density at radius 3 is 3.00 bits per heavy atom. The smallest absolute Gasteiger partial charge is 0.0943 e. The van der Waals surface area contributed by atoms with Crippen LogP contribution in [0.4, 0.5) is 0 Å². The molecule has 100 valence electrons. The number of aryl methyl sites for hydroxylation is 3. The van der Waals surface area contributed by atoms with E-state index in [-0.39, 0.29) is 0 Å². The molecule has 1 heterocycles. The fourth-order valence-electron chi connectivity index (χ4n) is 3.01. The van der Waals surface area contributed by atoms with Crippen LogP contribution in [0, 0.1) is 6.92 Å². The molecule has 3 nitrogen and oxygen atoms in total. The van der Waals surface area contributed by atoms with Gasteiger partial charge in [-0.05, 0) is 43.4 Å². The molecule has 0 radical (unpaired) electrons. The summed E-state index contributed by atoms with van der Waals surface area (Å²) in [6.45, 7) is 5.02. The van der Waals surface area contributed by atoms with E-state index >= 15 is 0 Å². The Morgan fingerprint density at radius 2 is 2.26 bits per heavy atom. The lowest BCUT2D eigenvalue weighted by atomic mass is 9.89. The van der Waals surface area contributed by atoms with Crippen molar-refractivity contribution in [3.63, 3.8) is 0 Å². The topological polar surface area (TPSA) is 38.0 Å². The maximum absolute atomic E-state index is 11.0. The van der Waals surface area contributed by atoms with Crippen molar-refractivity contribution in [3.8, 4) is 0 Å². The molecule has 0 spiro atoms. The molecule has 19 heavy (non-hydrogen) atoms. The maximum atomic E-state index is 11.0. The fraction of sp³-hybridized carbons (Fsp3) is 0.438. The predicted molar refractivity (Wildman–Crippen MR) is 75.0 cm³/mol. The third kappa shape index (κ3) is 2.19. The van der Waals surface area contributed by atoms with Gasteiger partial charge in [-0.3, -0.25) is 4.68 Å². The van der Waals surface area contributed by atoms with E-state index in [1.165, 1.54) is 11.1 Å². The summed E-state index contributed by atoms with van der Waals surface area (Å²) in [5.74, 6) is 0.